The number of nitrogens with zero attached hydrogens (tertiary/aromatic N) is 2. The second-order valence-electron chi connectivity index (χ2n) is 11.4. The number of hydrogen-bond donors (Lipinski definition) is 1. The summed E-state index contributed by atoms with van der Waals surface area (Å²) in [5, 5.41) is 3.71. The molecule has 0 saturated carbocycles. The molecule has 6 heteroatoms. The molecule has 0 aromatic heterocycles. The molecule has 2 heterocycles. The molecule has 0 aliphatic carbocycles. The largest absolute Gasteiger partial charge is 0.340 e. The monoisotopic (exact) mass is 561 g/mol. The molecule has 3 atom stereocenters. The summed E-state index contributed by atoms with van der Waals surface area (Å²) in [5.41, 5.74) is 3.48. The average molecular weight is 562 g/mol. The van der Waals surface area contributed by atoms with Gasteiger partial charge in [0, 0.05) is 18.3 Å². The van der Waals surface area contributed by atoms with Gasteiger partial charge < -0.3 is 9.80 Å². The van der Waals surface area contributed by atoms with Gasteiger partial charge in [-0.3, -0.25) is 14.9 Å². The molecule has 0 radical (unpaired) electrons. The quantitative estimate of drug-likeness (QED) is 0.223. The smallest absolute Gasteiger partial charge is 0.246 e. The molecule has 0 bridgehead atoms. The molecule has 2 aliphatic rings. The van der Waals surface area contributed by atoms with Crippen LogP contribution in [-0.4, -0.2) is 50.9 Å². The number of thioether (sulfide) groups is 1. The number of benzene rings is 4. The first-order valence-corrected chi connectivity index (χ1v) is 14.9. The number of nitrogens with one attached hydrogen (secondary N) is 1. The van der Waals surface area contributed by atoms with E-state index < -0.39 is 22.4 Å². The fourth-order valence-electron chi connectivity index (χ4n) is 6.34. The van der Waals surface area contributed by atoms with Crippen molar-refractivity contribution in [3.05, 3.63) is 144 Å². The third-order valence-electron chi connectivity index (χ3n) is 8.31. The van der Waals surface area contributed by atoms with Crippen molar-refractivity contribution in [1.82, 2.24) is 15.1 Å². The molecule has 41 heavy (non-hydrogen) atoms. The standard InChI is InChI=1S/C35H35N3O2S/c1-34(2)30(32(40)37(3)24-25-16-8-4-9-17-25)38-31(39)29(33(38)41-34)36-35(26-18-10-5-11-19-26,27-20-12-6-13-21-27)28-22-14-7-15-23-28/h4-23,29-30,33,36H,24H2,1-3H3/t29-,30?,33-/m1/s1. The molecule has 5 nitrogen and oxygen atoms in total. The van der Waals surface area contributed by atoms with Crippen molar-refractivity contribution in [2.45, 2.75) is 48.1 Å². The number of likely N-dealkylation sites (N-methyl/N-ethyl adjacent to an activating group) is 1. The summed E-state index contributed by atoms with van der Waals surface area (Å²) in [6, 6.07) is 39.9. The third kappa shape index (κ3) is 4.75. The SMILES string of the molecule is CN(Cc1ccccc1)C(=O)C1N2C(=O)[C@@H](NC(c3ccccc3)(c3ccccc3)c3ccccc3)[C@H]2SC1(C)C. The third-order valence-corrected chi connectivity index (χ3v) is 9.88. The van der Waals surface area contributed by atoms with Crippen molar-refractivity contribution in [2.24, 2.45) is 0 Å². The number of β-lactam (4-membered cyclic amide) rings is 1. The molecular weight excluding hydrogens is 526 g/mol. The molecule has 4 aromatic carbocycles. The van der Waals surface area contributed by atoms with E-state index in [0.717, 1.165) is 22.3 Å². The molecule has 2 aliphatic heterocycles. The van der Waals surface area contributed by atoms with Crippen LogP contribution < -0.4 is 5.32 Å². The lowest BCUT2D eigenvalue weighted by Gasteiger charge is -2.49. The van der Waals surface area contributed by atoms with Crippen molar-refractivity contribution in [1.29, 1.82) is 0 Å². The summed E-state index contributed by atoms with van der Waals surface area (Å²) in [6.07, 6.45) is 0. The van der Waals surface area contributed by atoms with Crippen LogP contribution in [0, 0.1) is 0 Å². The molecule has 6 rings (SSSR count). The first kappa shape index (κ1) is 27.3. The van der Waals surface area contributed by atoms with Gasteiger partial charge in [0.15, 0.2) is 0 Å². The number of fused-ring (bicyclic) bond motifs is 1. The molecule has 1 N–H and O–H groups in total. The van der Waals surface area contributed by atoms with Crippen molar-refractivity contribution in [3.63, 3.8) is 0 Å². The van der Waals surface area contributed by atoms with Crippen molar-refractivity contribution in [2.75, 3.05) is 7.05 Å². The van der Waals surface area contributed by atoms with E-state index in [1.165, 1.54) is 0 Å². The molecule has 2 saturated heterocycles. The van der Waals surface area contributed by atoms with Gasteiger partial charge in [0.25, 0.3) is 0 Å². The maximum Gasteiger partial charge on any atom is 0.246 e. The van der Waals surface area contributed by atoms with E-state index >= 15 is 0 Å². The minimum absolute atomic E-state index is 0.0268. The van der Waals surface area contributed by atoms with E-state index in [4.69, 9.17) is 0 Å². The highest BCUT2D eigenvalue weighted by atomic mass is 32.2. The van der Waals surface area contributed by atoms with Gasteiger partial charge >= 0.3 is 0 Å². The predicted octanol–water partition coefficient (Wildman–Crippen LogP) is 5.66. The van der Waals surface area contributed by atoms with Gasteiger partial charge in [-0.25, -0.2) is 0 Å². The zero-order valence-corrected chi connectivity index (χ0v) is 24.4. The van der Waals surface area contributed by atoms with Gasteiger partial charge in [-0.15, -0.1) is 11.8 Å². The number of amides is 2. The van der Waals surface area contributed by atoms with E-state index in [9.17, 15) is 9.59 Å². The zero-order valence-electron chi connectivity index (χ0n) is 23.6. The Balaban J connectivity index is 1.35. The molecular formula is C35H35N3O2S. The molecule has 0 spiro atoms. The van der Waals surface area contributed by atoms with Gasteiger partial charge in [-0.1, -0.05) is 121 Å². The van der Waals surface area contributed by atoms with Crippen LogP contribution in [0.25, 0.3) is 0 Å². The Bertz CT molecular complexity index is 1420. The minimum Gasteiger partial charge on any atom is -0.340 e. The first-order chi connectivity index (χ1) is 19.8. The van der Waals surface area contributed by atoms with Crippen LogP contribution in [0.5, 0.6) is 0 Å². The summed E-state index contributed by atoms with van der Waals surface area (Å²) in [7, 11) is 1.83. The Morgan fingerprint density at radius 3 is 1.71 bits per heavy atom. The van der Waals surface area contributed by atoms with E-state index in [1.54, 1.807) is 16.7 Å². The number of rotatable bonds is 8. The van der Waals surface area contributed by atoms with Crippen LogP contribution in [0.2, 0.25) is 0 Å². The van der Waals surface area contributed by atoms with Crippen LogP contribution >= 0.6 is 11.8 Å². The number of hydrogen-bond acceptors (Lipinski definition) is 4. The molecule has 2 fully saturated rings. The summed E-state index contributed by atoms with van der Waals surface area (Å²) >= 11 is 1.71. The zero-order chi connectivity index (χ0) is 28.6. The van der Waals surface area contributed by atoms with Crippen molar-refractivity contribution < 1.29 is 9.59 Å². The Morgan fingerprint density at radius 2 is 1.24 bits per heavy atom. The van der Waals surface area contributed by atoms with E-state index in [1.807, 2.05) is 96.9 Å². The Hall–Kier alpha value is -3.87. The van der Waals surface area contributed by atoms with Gasteiger partial charge in [0.2, 0.25) is 11.8 Å². The van der Waals surface area contributed by atoms with Crippen molar-refractivity contribution in [3.8, 4) is 0 Å². The van der Waals surface area contributed by atoms with Crippen LogP contribution in [-0.2, 0) is 21.7 Å². The lowest BCUT2D eigenvalue weighted by Crippen LogP contribution is -2.73. The van der Waals surface area contributed by atoms with Gasteiger partial charge in [0.05, 0.1) is 5.54 Å². The predicted molar refractivity (Wildman–Crippen MR) is 165 cm³/mol. The maximum absolute atomic E-state index is 14.1. The second kappa shape index (κ2) is 10.8. The van der Waals surface area contributed by atoms with Crippen LogP contribution in [0.1, 0.15) is 36.1 Å². The summed E-state index contributed by atoms with van der Waals surface area (Å²) in [5.74, 6) is -0.0622. The minimum atomic E-state index is -0.757. The van der Waals surface area contributed by atoms with Gasteiger partial charge in [-0.2, -0.15) is 0 Å². The Morgan fingerprint density at radius 1 is 0.805 bits per heavy atom. The van der Waals surface area contributed by atoms with Gasteiger partial charge in [-0.05, 0) is 36.1 Å². The average Bonchev–Trinajstić information content (AvgIpc) is 3.26. The summed E-state index contributed by atoms with van der Waals surface area (Å²) in [6.45, 7) is 4.67. The fraction of sp³-hybridized carbons (Fsp3) is 0.257. The van der Waals surface area contributed by atoms with Crippen LogP contribution in [0.3, 0.4) is 0 Å². The highest BCUT2D eigenvalue weighted by Crippen LogP contribution is 2.52. The van der Waals surface area contributed by atoms with E-state index in [2.05, 4.69) is 55.6 Å². The van der Waals surface area contributed by atoms with Gasteiger partial charge in [0.1, 0.15) is 17.5 Å². The fourth-order valence-corrected chi connectivity index (χ4v) is 7.96. The Labute approximate surface area is 246 Å². The molecule has 1 unspecified atom stereocenters. The molecule has 2 amide bonds. The van der Waals surface area contributed by atoms with Crippen LogP contribution in [0.15, 0.2) is 121 Å². The second-order valence-corrected chi connectivity index (χ2v) is 13.2. The highest BCUT2D eigenvalue weighted by molar-refractivity contribution is 8.01. The molecule has 208 valence electrons. The van der Waals surface area contributed by atoms with E-state index in [0.29, 0.717) is 6.54 Å². The summed E-state index contributed by atoms with van der Waals surface area (Å²) < 4.78 is -0.437. The summed E-state index contributed by atoms with van der Waals surface area (Å²) in [4.78, 5) is 31.5. The normalized spacial score (nSPS) is 21.2. The Kier molecular flexibility index (Phi) is 7.22. The van der Waals surface area contributed by atoms with Crippen LogP contribution in [0.4, 0.5) is 0 Å². The lowest BCUT2D eigenvalue weighted by atomic mass is 9.76. The lowest BCUT2D eigenvalue weighted by molar-refractivity contribution is -0.157. The van der Waals surface area contributed by atoms with E-state index in [-0.39, 0.29) is 17.2 Å². The molecule has 4 aromatic rings. The topological polar surface area (TPSA) is 52.7 Å². The first-order valence-electron chi connectivity index (χ1n) is 14.1. The maximum atomic E-state index is 14.1. The number of carbonyl (C=O) groups is 2. The van der Waals surface area contributed by atoms with Crippen molar-refractivity contribution >= 4 is 23.6 Å². The highest BCUT2D eigenvalue weighted by Gasteiger charge is 2.65. The number of carbonyl (C=O) groups excluding carboxylic acids is 2.